The summed E-state index contributed by atoms with van der Waals surface area (Å²) < 4.78 is 0. The number of hydrogen-bond donors (Lipinski definition) is 1. The van der Waals surface area contributed by atoms with Crippen LogP contribution in [0.2, 0.25) is 0 Å². The van der Waals surface area contributed by atoms with Crippen LogP contribution in [0.3, 0.4) is 0 Å². The van der Waals surface area contributed by atoms with Gasteiger partial charge in [0.1, 0.15) is 0 Å². The number of aromatic nitrogens is 1. The number of amides is 1. The quantitative estimate of drug-likeness (QED) is 0.872. The van der Waals surface area contributed by atoms with E-state index >= 15 is 0 Å². The van der Waals surface area contributed by atoms with E-state index in [0.29, 0.717) is 5.92 Å². The van der Waals surface area contributed by atoms with Crippen LogP contribution in [-0.2, 0) is 0 Å². The maximum absolute atomic E-state index is 12.5. The molecule has 1 N–H and O–H groups in total. The molecule has 2 heterocycles. The van der Waals surface area contributed by atoms with Gasteiger partial charge in [-0.15, -0.1) is 0 Å². The van der Waals surface area contributed by atoms with Crippen LogP contribution in [0.25, 0.3) is 11.1 Å². The highest BCUT2D eigenvalue weighted by molar-refractivity contribution is 5.94. The normalized spacial score (nSPS) is 20.9. The number of rotatable bonds is 5. The molecule has 2 aromatic rings. The summed E-state index contributed by atoms with van der Waals surface area (Å²) in [4.78, 5) is 19.4. The van der Waals surface area contributed by atoms with E-state index in [-0.39, 0.29) is 5.91 Å². The summed E-state index contributed by atoms with van der Waals surface area (Å²) in [5.41, 5.74) is 3.97. The van der Waals surface area contributed by atoms with Gasteiger partial charge < -0.3 is 10.2 Å². The average Bonchev–Trinajstić information content (AvgIpc) is 3.38. The van der Waals surface area contributed by atoms with Crippen molar-refractivity contribution >= 4 is 5.91 Å². The van der Waals surface area contributed by atoms with Gasteiger partial charge in [-0.3, -0.25) is 9.78 Å². The first-order valence-electron chi connectivity index (χ1n) is 10.2. The third kappa shape index (κ3) is 4.38. The molecule has 0 bridgehead atoms. The van der Waals surface area contributed by atoms with Gasteiger partial charge in [-0.2, -0.15) is 0 Å². The Morgan fingerprint density at radius 3 is 2.63 bits per heavy atom. The highest BCUT2D eigenvalue weighted by Gasteiger charge is 2.29. The predicted molar refractivity (Wildman–Crippen MR) is 109 cm³/mol. The Balaban J connectivity index is 1.30. The summed E-state index contributed by atoms with van der Waals surface area (Å²) in [5, 5.41) is 3.14. The second kappa shape index (κ2) is 8.22. The van der Waals surface area contributed by atoms with Crippen molar-refractivity contribution in [1.82, 2.24) is 15.2 Å². The highest BCUT2D eigenvalue weighted by atomic mass is 16.1. The van der Waals surface area contributed by atoms with Gasteiger partial charge in [0.25, 0.3) is 5.91 Å². The lowest BCUT2D eigenvalue weighted by Gasteiger charge is -2.23. The Kier molecular flexibility index (Phi) is 5.53. The third-order valence-corrected chi connectivity index (χ3v) is 6.09. The largest absolute Gasteiger partial charge is 0.352 e. The van der Waals surface area contributed by atoms with Crippen molar-refractivity contribution in [3.8, 4) is 11.1 Å². The number of carbonyl (C=O) groups excluding carboxylic acids is 1. The fraction of sp³-hybridized carbons (Fsp3) is 0.478. The Bertz CT molecular complexity index is 780. The van der Waals surface area contributed by atoms with E-state index in [1.807, 2.05) is 43.5 Å². The fourth-order valence-electron chi connectivity index (χ4n) is 4.51. The molecule has 0 radical (unpaired) electrons. The fourth-order valence-corrected chi connectivity index (χ4v) is 4.51. The molecule has 1 atom stereocenters. The molecular weight excluding hydrogens is 334 g/mol. The van der Waals surface area contributed by atoms with Gasteiger partial charge in [0.2, 0.25) is 0 Å². The molecule has 1 aliphatic carbocycles. The number of benzene rings is 1. The maximum atomic E-state index is 12.5. The summed E-state index contributed by atoms with van der Waals surface area (Å²) in [6, 6.07) is 12.7. The molecule has 4 nitrogen and oxygen atoms in total. The first kappa shape index (κ1) is 18.2. The molecule has 0 spiro atoms. The molecule has 2 fully saturated rings. The highest BCUT2D eigenvalue weighted by Crippen LogP contribution is 2.28. The summed E-state index contributed by atoms with van der Waals surface area (Å²) in [7, 11) is 0. The van der Waals surface area contributed by atoms with Crippen molar-refractivity contribution in [2.24, 2.45) is 5.92 Å². The van der Waals surface area contributed by atoms with Crippen molar-refractivity contribution in [2.45, 2.75) is 45.1 Å². The van der Waals surface area contributed by atoms with Gasteiger partial charge in [0, 0.05) is 36.6 Å². The van der Waals surface area contributed by atoms with Crippen LogP contribution in [0.1, 0.15) is 48.2 Å². The molecule has 4 heteroatoms. The monoisotopic (exact) mass is 363 g/mol. The molecule has 1 saturated carbocycles. The minimum absolute atomic E-state index is 0.0341. The lowest BCUT2D eigenvalue weighted by molar-refractivity contribution is 0.0947. The van der Waals surface area contributed by atoms with Crippen molar-refractivity contribution in [3.05, 3.63) is 53.9 Å². The first-order valence-corrected chi connectivity index (χ1v) is 10.2. The molecule has 1 aliphatic heterocycles. The number of aryl methyl sites for hydroxylation is 1. The number of pyridine rings is 1. The predicted octanol–water partition coefficient (Wildman–Crippen LogP) is 4.05. The lowest BCUT2D eigenvalue weighted by Crippen LogP contribution is -2.34. The van der Waals surface area contributed by atoms with Crippen molar-refractivity contribution < 1.29 is 4.79 Å². The molecule has 4 rings (SSSR count). The minimum Gasteiger partial charge on any atom is -0.352 e. The Morgan fingerprint density at radius 1 is 1.11 bits per heavy atom. The Morgan fingerprint density at radius 2 is 1.89 bits per heavy atom. The maximum Gasteiger partial charge on any atom is 0.251 e. The second-order valence-corrected chi connectivity index (χ2v) is 8.06. The topological polar surface area (TPSA) is 45.2 Å². The zero-order valence-corrected chi connectivity index (χ0v) is 16.2. The van der Waals surface area contributed by atoms with E-state index in [1.54, 1.807) is 0 Å². The molecule has 1 saturated heterocycles. The second-order valence-electron chi connectivity index (χ2n) is 8.06. The van der Waals surface area contributed by atoms with Gasteiger partial charge in [-0.05, 0) is 74.0 Å². The molecule has 1 amide bonds. The summed E-state index contributed by atoms with van der Waals surface area (Å²) >= 11 is 0. The van der Waals surface area contributed by atoms with E-state index in [1.165, 1.54) is 38.6 Å². The summed E-state index contributed by atoms with van der Waals surface area (Å²) in [6.07, 6.45) is 8.53. The van der Waals surface area contributed by atoms with Crippen LogP contribution in [0.4, 0.5) is 0 Å². The van der Waals surface area contributed by atoms with Crippen LogP contribution in [-0.4, -0.2) is 41.5 Å². The number of nitrogens with one attached hydrogen (secondary N) is 1. The zero-order chi connectivity index (χ0) is 18.6. The number of likely N-dealkylation sites (tertiary alicyclic amines) is 1. The molecule has 1 aromatic heterocycles. The van der Waals surface area contributed by atoms with E-state index in [0.717, 1.165) is 41.5 Å². The zero-order valence-electron chi connectivity index (χ0n) is 16.2. The Labute approximate surface area is 162 Å². The van der Waals surface area contributed by atoms with Crippen molar-refractivity contribution in [3.63, 3.8) is 0 Å². The molecule has 1 aromatic carbocycles. The molecular formula is C23H29N3O. The van der Waals surface area contributed by atoms with E-state index < -0.39 is 0 Å². The van der Waals surface area contributed by atoms with Gasteiger partial charge in [-0.25, -0.2) is 0 Å². The van der Waals surface area contributed by atoms with Gasteiger partial charge in [0.15, 0.2) is 0 Å². The van der Waals surface area contributed by atoms with Crippen LogP contribution in [0, 0.1) is 12.8 Å². The number of carbonyl (C=O) groups is 1. The summed E-state index contributed by atoms with van der Waals surface area (Å²) in [6.45, 7) is 5.12. The van der Waals surface area contributed by atoms with Crippen molar-refractivity contribution in [1.29, 1.82) is 0 Å². The number of nitrogens with zero attached hydrogens (tertiary/aromatic N) is 2. The first-order chi connectivity index (χ1) is 13.2. The lowest BCUT2D eigenvalue weighted by atomic mass is 10.0. The third-order valence-electron chi connectivity index (χ3n) is 6.09. The van der Waals surface area contributed by atoms with Gasteiger partial charge in [0.05, 0.1) is 0 Å². The van der Waals surface area contributed by atoms with Crippen LogP contribution >= 0.6 is 0 Å². The van der Waals surface area contributed by atoms with Crippen LogP contribution in [0.15, 0.2) is 42.6 Å². The summed E-state index contributed by atoms with van der Waals surface area (Å²) in [5.74, 6) is 0.625. The standard InChI is InChI=1S/C23H29N3O/c1-17-14-21(10-12-24-17)19-6-8-20(9-7-19)23(27)25-15-18-11-13-26(16-18)22-4-2-3-5-22/h6-10,12,14,18,22H,2-5,11,13,15-16H2,1H3,(H,25,27). The van der Waals surface area contributed by atoms with Crippen LogP contribution < -0.4 is 5.32 Å². The minimum atomic E-state index is 0.0341. The smallest absolute Gasteiger partial charge is 0.251 e. The molecule has 27 heavy (non-hydrogen) atoms. The van der Waals surface area contributed by atoms with Gasteiger partial charge >= 0.3 is 0 Å². The van der Waals surface area contributed by atoms with E-state index in [9.17, 15) is 4.79 Å². The molecule has 142 valence electrons. The molecule has 2 aliphatic rings. The molecule has 1 unspecified atom stereocenters. The number of hydrogen-bond acceptors (Lipinski definition) is 3. The van der Waals surface area contributed by atoms with E-state index in [2.05, 4.69) is 21.3 Å². The van der Waals surface area contributed by atoms with E-state index in [4.69, 9.17) is 0 Å². The SMILES string of the molecule is Cc1cc(-c2ccc(C(=O)NCC3CCN(C4CCCC4)C3)cc2)ccn1. The average molecular weight is 364 g/mol. The van der Waals surface area contributed by atoms with Crippen molar-refractivity contribution in [2.75, 3.05) is 19.6 Å². The van der Waals surface area contributed by atoms with Gasteiger partial charge in [-0.1, -0.05) is 25.0 Å². The Hall–Kier alpha value is -2.20. The van der Waals surface area contributed by atoms with Crippen LogP contribution in [0.5, 0.6) is 0 Å².